The molecule has 0 amide bonds. The van der Waals surface area contributed by atoms with E-state index in [4.69, 9.17) is 11.6 Å². The number of halogens is 1. The quantitative estimate of drug-likeness (QED) is 0.629. The minimum Gasteiger partial charge on any atom is -0.258 e. The van der Waals surface area contributed by atoms with Crippen molar-refractivity contribution in [2.24, 2.45) is 0 Å². The molecule has 0 aliphatic heterocycles. The molecule has 7 nitrogen and oxygen atoms in total. The van der Waals surface area contributed by atoms with Crippen LogP contribution >= 0.6 is 11.6 Å². The van der Waals surface area contributed by atoms with Crippen molar-refractivity contribution >= 4 is 17.3 Å². The molecule has 0 aliphatic rings. The molecule has 0 aromatic carbocycles. The summed E-state index contributed by atoms with van der Waals surface area (Å²) in [5, 5.41) is 15.1. The van der Waals surface area contributed by atoms with Crippen LogP contribution in [-0.2, 0) is 0 Å². The van der Waals surface area contributed by atoms with Crippen molar-refractivity contribution in [3.8, 4) is 5.82 Å². The topological polar surface area (TPSA) is 86.7 Å². The number of rotatable bonds is 3. The summed E-state index contributed by atoms with van der Waals surface area (Å²) in [5.41, 5.74) is 0.161. The lowest BCUT2D eigenvalue weighted by Gasteiger charge is -1.99. The van der Waals surface area contributed by atoms with E-state index in [1.807, 2.05) is 13.8 Å². The molecule has 0 aliphatic carbocycles. The van der Waals surface area contributed by atoms with Gasteiger partial charge in [0, 0.05) is 18.2 Å². The van der Waals surface area contributed by atoms with Crippen LogP contribution < -0.4 is 0 Å². The van der Waals surface area contributed by atoms with Gasteiger partial charge in [0.05, 0.1) is 4.92 Å². The zero-order valence-corrected chi connectivity index (χ0v) is 10.5. The minimum absolute atomic E-state index is 0.0533. The molecule has 0 saturated carbocycles. The van der Waals surface area contributed by atoms with Crippen molar-refractivity contribution in [2.75, 3.05) is 0 Å². The molecule has 0 atom stereocenters. The van der Waals surface area contributed by atoms with Crippen LogP contribution in [0.5, 0.6) is 0 Å². The minimum atomic E-state index is -0.525. The SMILES string of the molecule is CC(C)c1nn(-c2ccncn2)c(Cl)c1[N+](=O)[O-]. The third-order valence-electron chi connectivity index (χ3n) is 2.34. The fourth-order valence-corrected chi connectivity index (χ4v) is 1.81. The fourth-order valence-electron chi connectivity index (χ4n) is 1.52. The Balaban J connectivity index is 2.64. The second-order valence-electron chi connectivity index (χ2n) is 3.92. The summed E-state index contributed by atoms with van der Waals surface area (Å²) >= 11 is 6.00. The first-order chi connectivity index (χ1) is 8.52. The van der Waals surface area contributed by atoms with Gasteiger partial charge in [0.1, 0.15) is 12.0 Å². The lowest BCUT2D eigenvalue weighted by atomic mass is 10.1. The average Bonchev–Trinajstić information content (AvgIpc) is 2.68. The Kier molecular flexibility index (Phi) is 3.24. The van der Waals surface area contributed by atoms with Gasteiger partial charge >= 0.3 is 5.69 Å². The molecule has 0 fully saturated rings. The van der Waals surface area contributed by atoms with E-state index >= 15 is 0 Å². The molecule has 2 heterocycles. The number of nitro groups is 1. The second kappa shape index (κ2) is 4.69. The molecule has 0 unspecified atom stereocenters. The Bertz CT molecular complexity index is 581. The molecular formula is C10H10ClN5O2. The van der Waals surface area contributed by atoms with Crippen molar-refractivity contribution in [1.29, 1.82) is 0 Å². The van der Waals surface area contributed by atoms with Crippen molar-refractivity contribution in [2.45, 2.75) is 19.8 Å². The zero-order valence-electron chi connectivity index (χ0n) is 9.74. The predicted octanol–water partition coefficient (Wildman–Crippen LogP) is 2.35. The molecular weight excluding hydrogens is 258 g/mol. The lowest BCUT2D eigenvalue weighted by Crippen LogP contribution is -2.00. The smallest absolute Gasteiger partial charge is 0.258 e. The van der Waals surface area contributed by atoms with Crippen LogP contribution in [0.25, 0.3) is 5.82 Å². The molecule has 18 heavy (non-hydrogen) atoms. The van der Waals surface area contributed by atoms with Crippen LogP contribution in [0.4, 0.5) is 5.69 Å². The van der Waals surface area contributed by atoms with Crippen molar-refractivity contribution in [3.63, 3.8) is 0 Å². The van der Waals surface area contributed by atoms with Crippen LogP contribution in [0.15, 0.2) is 18.6 Å². The van der Waals surface area contributed by atoms with Gasteiger partial charge in [-0.3, -0.25) is 10.1 Å². The van der Waals surface area contributed by atoms with E-state index in [0.29, 0.717) is 11.5 Å². The van der Waals surface area contributed by atoms with Crippen LogP contribution in [0.1, 0.15) is 25.5 Å². The molecule has 0 spiro atoms. The Morgan fingerprint density at radius 2 is 2.22 bits per heavy atom. The molecule has 0 saturated heterocycles. The largest absolute Gasteiger partial charge is 0.329 e. The number of hydrogen-bond donors (Lipinski definition) is 0. The van der Waals surface area contributed by atoms with Gasteiger partial charge < -0.3 is 0 Å². The van der Waals surface area contributed by atoms with Gasteiger partial charge in [-0.25, -0.2) is 9.97 Å². The summed E-state index contributed by atoms with van der Waals surface area (Å²) in [4.78, 5) is 18.2. The van der Waals surface area contributed by atoms with Crippen LogP contribution in [0, 0.1) is 10.1 Å². The molecule has 2 aromatic heterocycles. The van der Waals surface area contributed by atoms with Gasteiger partial charge in [-0.2, -0.15) is 9.78 Å². The Labute approximate surface area is 108 Å². The van der Waals surface area contributed by atoms with Gasteiger partial charge in [0.15, 0.2) is 5.82 Å². The van der Waals surface area contributed by atoms with Crippen molar-refractivity contribution < 1.29 is 4.92 Å². The molecule has 2 rings (SSSR count). The maximum absolute atomic E-state index is 11.0. The molecule has 0 radical (unpaired) electrons. The standard InChI is InChI=1S/C10H10ClN5O2/c1-6(2)8-9(16(17)18)10(11)15(14-8)7-3-4-12-5-13-7/h3-6H,1-2H3. The first-order valence-corrected chi connectivity index (χ1v) is 5.59. The Hall–Kier alpha value is -2.02. The highest BCUT2D eigenvalue weighted by atomic mass is 35.5. The maximum atomic E-state index is 11.0. The third kappa shape index (κ3) is 2.04. The Morgan fingerprint density at radius 1 is 1.50 bits per heavy atom. The van der Waals surface area contributed by atoms with Gasteiger partial charge in [0.25, 0.3) is 0 Å². The van der Waals surface area contributed by atoms with Crippen LogP contribution in [0.2, 0.25) is 5.15 Å². The summed E-state index contributed by atoms with van der Waals surface area (Å²) in [6.45, 7) is 3.63. The zero-order chi connectivity index (χ0) is 13.3. The first kappa shape index (κ1) is 12.4. The maximum Gasteiger partial charge on any atom is 0.329 e. The van der Waals surface area contributed by atoms with E-state index < -0.39 is 4.92 Å². The van der Waals surface area contributed by atoms with Gasteiger partial charge in [-0.1, -0.05) is 25.4 Å². The second-order valence-corrected chi connectivity index (χ2v) is 4.27. The summed E-state index contributed by atoms with van der Waals surface area (Å²) in [6, 6.07) is 1.58. The summed E-state index contributed by atoms with van der Waals surface area (Å²) in [5.74, 6) is 0.288. The number of aromatic nitrogens is 4. The molecule has 8 heteroatoms. The highest BCUT2D eigenvalue weighted by molar-refractivity contribution is 6.32. The Morgan fingerprint density at radius 3 is 2.67 bits per heavy atom. The number of nitrogens with zero attached hydrogens (tertiary/aromatic N) is 5. The molecule has 94 valence electrons. The van der Waals surface area contributed by atoms with Crippen LogP contribution in [-0.4, -0.2) is 24.7 Å². The normalized spacial score (nSPS) is 10.9. The molecule has 0 N–H and O–H groups in total. The van der Waals surface area contributed by atoms with Crippen molar-refractivity contribution in [1.82, 2.24) is 19.7 Å². The van der Waals surface area contributed by atoms with Crippen molar-refractivity contribution in [3.05, 3.63) is 39.6 Å². The molecule has 2 aromatic rings. The van der Waals surface area contributed by atoms with E-state index in [1.54, 1.807) is 6.07 Å². The summed E-state index contributed by atoms with van der Waals surface area (Å²) in [6.07, 6.45) is 2.84. The molecule has 0 bridgehead atoms. The number of hydrogen-bond acceptors (Lipinski definition) is 5. The van der Waals surface area contributed by atoms with E-state index in [9.17, 15) is 10.1 Å². The fraction of sp³-hybridized carbons (Fsp3) is 0.300. The summed E-state index contributed by atoms with van der Waals surface area (Å²) < 4.78 is 1.25. The van der Waals surface area contributed by atoms with E-state index in [-0.39, 0.29) is 16.8 Å². The van der Waals surface area contributed by atoms with E-state index in [0.717, 1.165) is 0 Å². The highest BCUT2D eigenvalue weighted by Crippen LogP contribution is 2.33. The van der Waals surface area contributed by atoms with Gasteiger partial charge in [-0.15, -0.1) is 0 Å². The van der Waals surface area contributed by atoms with Gasteiger partial charge in [-0.05, 0) is 0 Å². The van der Waals surface area contributed by atoms with Gasteiger partial charge in [0.2, 0.25) is 5.15 Å². The van der Waals surface area contributed by atoms with Crippen LogP contribution in [0.3, 0.4) is 0 Å². The first-order valence-electron chi connectivity index (χ1n) is 5.21. The summed E-state index contributed by atoms with van der Waals surface area (Å²) in [7, 11) is 0. The third-order valence-corrected chi connectivity index (χ3v) is 2.68. The predicted molar refractivity (Wildman–Crippen MR) is 64.9 cm³/mol. The lowest BCUT2D eigenvalue weighted by molar-refractivity contribution is -0.385. The van der Waals surface area contributed by atoms with E-state index in [1.165, 1.54) is 17.2 Å². The highest BCUT2D eigenvalue weighted by Gasteiger charge is 2.29. The monoisotopic (exact) mass is 267 g/mol. The average molecular weight is 268 g/mol. The van der Waals surface area contributed by atoms with E-state index in [2.05, 4.69) is 15.1 Å².